The summed E-state index contributed by atoms with van der Waals surface area (Å²) >= 11 is 6.32. The van der Waals surface area contributed by atoms with Gasteiger partial charge in [0, 0.05) is 50.6 Å². The summed E-state index contributed by atoms with van der Waals surface area (Å²) in [6.45, 7) is 3.60. The van der Waals surface area contributed by atoms with E-state index in [0.29, 0.717) is 37.6 Å². The molecular formula is C21H24ClF3N6O3. The minimum atomic E-state index is -4.44. The van der Waals surface area contributed by atoms with Crippen LogP contribution in [0, 0.1) is 0 Å². The Kier molecular flexibility index (Phi) is 8.51. The molecule has 34 heavy (non-hydrogen) atoms. The summed E-state index contributed by atoms with van der Waals surface area (Å²) in [6, 6.07) is 4.69. The average molecular weight is 501 g/mol. The predicted molar refractivity (Wildman–Crippen MR) is 120 cm³/mol. The number of morpholine rings is 1. The van der Waals surface area contributed by atoms with E-state index < -0.39 is 12.6 Å². The molecule has 1 aliphatic heterocycles. The van der Waals surface area contributed by atoms with Crippen LogP contribution in [-0.2, 0) is 16.0 Å². The Labute approximate surface area is 199 Å². The molecule has 0 atom stereocenters. The highest BCUT2D eigenvalue weighted by molar-refractivity contribution is 6.34. The summed E-state index contributed by atoms with van der Waals surface area (Å²) in [7, 11) is 0. The normalized spacial score (nSPS) is 14.0. The maximum Gasteiger partial charge on any atom is 0.393 e. The Morgan fingerprint density at radius 3 is 2.59 bits per heavy atom. The minimum absolute atomic E-state index is 0.00890. The Hall–Kier alpha value is -3.12. The molecule has 2 amide bonds. The molecule has 13 heteroatoms. The van der Waals surface area contributed by atoms with Gasteiger partial charge in [0.1, 0.15) is 5.82 Å². The maximum atomic E-state index is 12.9. The standard InChI is InChI=1S/C21H24ClF3N6O3/c1-13(32)26-4-5-27-18-14(11-21(23,24)25)12-28-20(30-18)29-15-2-3-16(17(22)10-15)19(33)31-6-8-34-9-7-31/h2-3,10,12H,4-9,11H2,1H3,(H,26,32)(H2,27,28,29,30). The Balaban J connectivity index is 1.74. The fraction of sp³-hybridized carbons (Fsp3) is 0.429. The molecule has 1 fully saturated rings. The predicted octanol–water partition coefficient (Wildman–Crippen LogP) is 3.00. The van der Waals surface area contributed by atoms with Crippen molar-refractivity contribution in [1.82, 2.24) is 20.2 Å². The van der Waals surface area contributed by atoms with Crippen LogP contribution in [0.3, 0.4) is 0 Å². The summed E-state index contributed by atoms with van der Waals surface area (Å²) in [5.74, 6) is -0.435. The number of benzene rings is 1. The Morgan fingerprint density at radius 2 is 1.94 bits per heavy atom. The number of anilines is 3. The number of aromatic nitrogens is 2. The number of ether oxygens (including phenoxy) is 1. The number of nitrogens with zero attached hydrogens (tertiary/aromatic N) is 3. The van der Waals surface area contributed by atoms with Crippen LogP contribution in [0.2, 0.25) is 5.02 Å². The lowest BCUT2D eigenvalue weighted by atomic mass is 10.1. The van der Waals surface area contributed by atoms with Crippen LogP contribution in [-0.4, -0.2) is 72.3 Å². The largest absolute Gasteiger partial charge is 0.393 e. The molecule has 2 aromatic rings. The van der Waals surface area contributed by atoms with Gasteiger partial charge in [-0.3, -0.25) is 9.59 Å². The molecule has 3 N–H and O–H groups in total. The Morgan fingerprint density at radius 1 is 1.21 bits per heavy atom. The lowest BCUT2D eigenvalue weighted by Crippen LogP contribution is -2.40. The molecule has 1 aromatic carbocycles. The number of halogens is 4. The lowest BCUT2D eigenvalue weighted by Gasteiger charge is -2.27. The smallest absolute Gasteiger partial charge is 0.378 e. The molecule has 0 aliphatic carbocycles. The van der Waals surface area contributed by atoms with Gasteiger partial charge in [0.25, 0.3) is 5.91 Å². The van der Waals surface area contributed by atoms with Gasteiger partial charge in [-0.2, -0.15) is 18.2 Å². The van der Waals surface area contributed by atoms with Crippen molar-refractivity contribution in [2.75, 3.05) is 50.0 Å². The van der Waals surface area contributed by atoms with Crippen molar-refractivity contribution in [3.05, 3.63) is 40.5 Å². The van der Waals surface area contributed by atoms with E-state index >= 15 is 0 Å². The van der Waals surface area contributed by atoms with Gasteiger partial charge in [0.2, 0.25) is 11.9 Å². The van der Waals surface area contributed by atoms with E-state index in [1.165, 1.54) is 13.0 Å². The third kappa shape index (κ3) is 7.45. The first-order chi connectivity index (χ1) is 16.1. The molecule has 1 aromatic heterocycles. The average Bonchev–Trinajstić information content (AvgIpc) is 2.77. The zero-order valence-corrected chi connectivity index (χ0v) is 19.1. The van der Waals surface area contributed by atoms with Crippen molar-refractivity contribution >= 4 is 40.9 Å². The van der Waals surface area contributed by atoms with Crippen LogP contribution in [0.5, 0.6) is 0 Å². The number of carbonyl (C=O) groups is 2. The van der Waals surface area contributed by atoms with Crippen LogP contribution < -0.4 is 16.0 Å². The molecule has 0 saturated carbocycles. The van der Waals surface area contributed by atoms with Crippen LogP contribution in [0.1, 0.15) is 22.8 Å². The molecule has 1 aliphatic rings. The monoisotopic (exact) mass is 500 g/mol. The molecule has 0 spiro atoms. The van der Waals surface area contributed by atoms with Crippen molar-refractivity contribution in [2.24, 2.45) is 0 Å². The topological polar surface area (TPSA) is 108 Å². The first-order valence-electron chi connectivity index (χ1n) is 10.5. The second-order valence-electron chi connectivity index (χ2n) is 7.49. The quantitative estimate of drug-likeness (QED) is 0.478. The number of amides is 2. The van der Waals surface area contributed by atoms with E-state index in [2.05, 4.69) is 25.9 Å². The van der Waals surface area contributed by atoms with Gasteiger partial charge >= 0.3 is 6.18 Å². The zero-order valence-electron chi connectivity index (χ0n) is 18.3. The highest BCUT2D eigenvalue weighted by Crippen LogP contribution is 2.27. The van der Waals surface area contributed by atoms with Crippen LogP contribution in [0.25, 0.3) is 0 Å². The minimum Gasteiger partial charge on any atom is -0.378 e. The molecule has 0 unspecified atom stereocenters. The van der Waals surface area contributed by atoms with Crippen LogP contribution in [0.4, 0.5) is 30.6 Å². The molecular weight excluding hydrogens is 477 g/mol. The molecule has 2 heterocycles. The van der Waals surface area contributed by atoms with Gasteiger partial charge in [-0.25, -0.2) is 4.98 Å². The fourth-order valence-corrected chi connectivity index (χ4v) is 3.48. The zero-order chi connectivity index (χ0) is 24.7. The van der Waals surface area contributed by atoms with Crippen molar-refractivity contribution in [3.8, 4) is 0 Å². The van der Waals surface area contributed by atoms with Crippen molar-refractivity contribution < 1.29 is 27.5 Å². The number of alkyl halides is 3. The molecule has 0 bridgehead atoms. The molecule has 9 nitrogen and oxygen atoms in total. The van der Waals surface area contributed by atoms with E-state index in [1.54, 1.807) is 17.0 Å². The maximum absolute atomic E-state index is 12.9. The van der Waals surface area contributed by atoms with E-state index in [4.69, 9.17) is 16.3 Å². The number of rotatable bonds is 8. The van der Waals surface area contributed by atoms with Crippen molar-refractivity contribution in [1.29, 1.82) is 0 Å². The second-order valence-corrected chi connectivity index (χ2v) is 7.90. The lowest BCUT2D eigenvalue weighted by molar-refractivity contribution is -0.127. The van der Waals surface area contributed by atoms with Crippen LogP contribution >= 0.6 is 11.6 Å². The Bertz CT molecular complexity index is 1030. The summed E-state index contributed by atoms with van der Waals surface area (Å²) in [4.78, 5) is 33.4. The van der Waals surface area contributed by atoms with Crippen LogP contribution in [0.15, 0.2) is 24.4 Å². The van der Waals surface area contributed by atoms with E-state index in [9.17, 15) is 22.8 Å². The summed E-state index contributed by atoms with van der Waals surface area (Å²) in [6.07, 6.45) is -4.57. The summed E-state index contributed by atoms with van der Waals surface area (Å²) in [5, 5.41) is 8.44. The second kappa shape index (κ2) is 11.3. The highest BCUT2D eigenvalue weighted by atomic mass is 35.5. The first kappa shape index (κ1) is 25.5. The van der Waals surface area contributed by atoms with Gasteiger partial charge in [-0.05, 0) is 18.2 Å². The van der Waals surface area contributed by atoms with E-state index in [-0.39, 0.29) is 47.3 Å². The number of carbonyl (C=O) groups excluding carboxylic acids is 2. The van der Waals surface area contributed by atoms with Gasteiger partial charge < -0.3 is 25.6 Å². The van der Waals surface area contributed by atoms with Gasteiger partial charge in [-0.1, -0.05) is 11.6 Å². The third-order valence-electron chi connectivity index (χ3n) is 4.80. The highest BCUT2D eigenvalue weighted by Gasteiger charge is 2.30. The van der Waals surface area contributed by atoms with Crippen molar-refractivity contribution in [2.45, 2.75) is 19.5 Å². The SMILES string of the molecule is CC(=O)NCCNc1nc(Nc2ccc(C(=O)N3CCOCC3)c(Cl)c2)ncc1CC(F)(F)F. The third-order valence-corrected chi connectivity index (χ3v) is 5.11. The van der Waals surface area contributed by atoms with E-state index in [1.807, 2.05) is 0 Å². The molecule has 1 saturated heterocycles. The van der Waals surface area contributed by atoms with Crippen molar-refractivity contribution in [3.63, 3.8) is 0 Å². The molecule has 3 rings (SSSR count). The molecule has 0 radical (unpaired) electrons. The van der Waals surface area contributed by atoms with Gasteiger partial charge in [-0.15, -0.1) is 0 Å². The summed E-state index contributed by atoms with van der Waals surface area (Å²) in [5.41, 5.74) is 0.651. The number of hydrogen-bond donors (Lipinski definition) is 3. The number of nitrogens with one attached hydrogen (secondary N) is 3. The van der Waals surface area contributed by atoms with Gasteiger partial charge in [0.05, 0.1) is 30.2 Å². The fourth-order valence-electron chi connectivity index (χ4n) is 3.22. The first-order valence-corrected chi connectivity index (χ1v) is 10.8. The summed E-state index contributed by atoms with van der Waals surface area (Å²) < 4.78 is 44.1. The van der Waals surface area contributed by atoms with Gasteiger partial charge in [0.15, 0.2) is 0 Å². The van der Waals surface area contributed by atoms with E-state index in [0.717, 1.165) is 6.20 Å². The molecule has 184 valence electrons. The number of hydrogen-bond acceptors (Lipinski definition) is 7.